The molecule has 1 aliphatic heterocycles. The number of hydrogen-bond donors (Lipinski definition) is 1. The van der Waals surface area contributed by atoms with Gasteiger partial charge in [-0.05, 0) is 38.2 Å². The Morgan fingerprint density at radius 1 is 1.40 bits per heavy atom. The van der Waals surface area contributed by atoms with E-state index in [1.54, 1.807) is 0 Å². The van der Waals surface area contributed by atoms with E-state index in [1.165, 1.54) is 0 Å². The number of amides is 1. The lowest BCUT2D eigenvalue weighted by Crippen LogP contribution is -2.45. The maximum atomic E-state index is 12.2. The van der Waals surface area contributed by atoms with Crippen LogP contribution in [-0.4, -0.2) is 34.8 Å². The summed E-state index contributed by atoms with van der Waals surface area (Å²) >= 11 is 0. The van der Waals surface area contributed by atoms with Crippen molar-refractivity contribution in [3.05, 3.63) is 35.9 Å². The maximum Gasteiger partial charge on any atom is 0.410 e. The Morgan fingerprint density at radius 2 is 2.15 bits per heavy atom. The van der Waals surface area contributed by atoms with Crippen LogP contribution in [0.15, 0.2) is 30.3 Å². The van der Waals surface area contributed by atoms with Gasteiger partial charge in [0.05, 0.1) is 0 Å². The number of aliphatic hydroxyl groups is 1. The molecule has 1 N–H and O–H groups in total. The number of carbonyl (C=O) groups excluding carboxylic acids is 1. The molecule has 0 aromatic heterocycles. The lowest BCUT2D eigenvalue weighted by Gasteiger charge is -2.34. The topological polar surface area (TPSA) is 49.8 Å². The van der Waals surface area contributed by atoms with E-state index >= 15 is 0 Å². The molecule has 4 heteroatoms. The van der Waals surface area contributed by atoms with Crippen LogP contribution in [-0.2, 0) is 11.3 Å². The molecule has 1 unspecified atom stereocenters. The van der Waals surface area contributed by atoms with Gasteiger partial charge in [-0.2, -0.15) is 0 Å². The maximum absolute atomic E-state index is 12.2. The Hall–Kier alpha value is -1.55. The Bertz CT molecular complexity index is 435. The zero-order valence-corrected chi connectivity index (χ0v) is 12.0. The third-order valence-electron chi connectivity index (χ3n) is 4.05. The standard InChI is InChI=1S/C16H23NO3/c1-16(10-6-12-18)9-5-11-17(16)15(19)20-13-14-7-3-2-4-8-14/h2-4,7-8,18H,5-6,9-13H2,1H3. The minimum Gasteiger partial charge on any atom is -0.445 e. The van der Waals surface area contributed by atoms with Gasteiger partial charge >= 0.3 is 6.09 Å². The van der Waals surface area contributed by atoms with Crippen molar-refractivity contribution in [2.75, 3.05) is 13.2 Å². The van der Waals surface area contributed by atoms with Gasteiger partial charge in [0.15, 0.2) is 0 Å². The van der Waals surface area contributed by atoms with Gasteiger partial charge in [-0.25, -0.2) is 4.79 Å². The summed E-state index contributed by atoms with van der Waals surface area (Å²) in [4.78, 5) is 14.1. The van der Waals surface area contributed by atoms with Crippen LogP contribution in [0.25, 0.3) is 0 Å². The molecule has 1 aliphatic rings. The average Bonchev–Trinajstić information content (AvgIpc) is 2.86. The molecular weight excluding hydrogens is 254 g/mol. The normalized spacial score (nSPS) is 22.0. The van der Waals surface area contributed by atoms with Crippen LogP contribution in [0.2, 0.25) is 0 Å². The Morgan fingerprint density at radius 3 is 2.85 bits per heavy atom. The predicted octanol–water partition coefficient (Wildman–Crippen LogP) is 2.95. The molecule has 20 heavy (non-hydrogen) atoms. The highest BCUT2D eigenvalue weighted by Crippen LogP contribution is 2.33. The van der Waals surface area contributed by atoms with Gasteiger partial charge in [0, 0.05) is 18.7 Å². The van der Waals surface area contributed by atoms with Crippen LogP contribution in [0, 0.1) is 0 Å². The summed E-state index contributed by atoms with van der Waals surface area (Å²) in [6, 6.07) is 9.71. The first-order chi connectivity index (χ1) is 9.65. The summed E-state index contributed by atoms with van der Waals surface area (Å²) in [6.07, 6.45) is 3.28. The SMILES string of the molecule is CC1(CCCO)CCCN1C(=O)OCc1ccccc1. The van der Waals surface area contributed by atoms with Crippen molar-refractivity contribution >= 4 is 6.09 Å². The van der Waals surface area contributed by atoms with Crippen LogP contribution in [0.5, 0.6) is 0 Å². The highest BCUT2D eigenvalue weighted by molar-refractivity contribution is 5.69. The van der Waals surface area contributed by atoms with Crippen molar-refractivity contribution in [2.45, 2.75) is 44.8 Å². The van der Waals surface area contributed by atoms with Crippen molar-refractivity contribution < 1.29 is 14.6 Å². The fraction of sp³-hybridized carbons (Fsp3) is 0.562. The first-order valence-electron chi connectivity index (χ1n) is 7.25. The van der Waals surface area contributed by atoms with E-state index in [0.717, 1.165) is 37.8 Å². The third kappa shape index (κ3) is 3.51. The van der Waals surface area contributed by atoms with Gasteiger partial charge in [0.2, 0.25) is 0 Å². The van der Waals surface area contributed by atoms with Crippen molar-refractivity contribution in [3.63, 3.8) is 0 Å². The van der Waals surface area contributed by atoms with Crippen molar-refractivity contribution in [1.29, 1.82) is 0 Å². The number of aliphatic hydroxyl groups excluding tert-OH is 1. The van der Waals surface area contributed by atoms with E-state index < -0.39 is 0 Å². The number of rotatable bonds is 5. The smallest absolute Gasteiger partial charge is 0.410 e. The van der Waals surface area contributed by atoms with Crippen LogP contribution >= 0.6 is 0 Å². The highest BCUT2D eigenvalue weighted by atomic mass is 16.6. The van der Waals surface area contributed by atoms with E-state index in [9.17, 15) is 4.79 Å². The predicted molar refractivity (Wildman–Crippen MR) is 77.3 cm³/mol. The van der Waals surface area contributed by atoms with Gasteiger partial charge < -0.3 is 14.7 Å². The molecule has 4 nitrogen and oxygen atoms in total. The Balaban J connectivity index is 1.91. The summed E-state index contributed by atoms with van der Waals surface area (Å²) < 4.78 is 5.41. The van der Waals surface area contributed by atoms with E-state index in [-0.39, 0.29) is 18.2 Å². The number of benzene rings is 1. The van der Waals surface area contributed by atoms with Gasteiger partial charge in [-0.3, -0.25) is 0 Å². The van der Waals surface area contributed by atoms with Crippen LogP contribution in [0.1, 0.15) is 38.2 Å². The molecule has 0 aliphatic carbocycles. The zero-order valence-electron chi connectivity index (χ0n) is 12.0. The minimum absolute atomic E-state index is 0.169. The molecule has 1 aromatic rings. The Labute approximate surface area is 120 Å². The number of hydrogen-bond acceptors (Lipinski definition) is 3. The molecule has 1 saturated heterocycles. The van der Waals surface area contributed by atoms with Crippen molar-refractivity contribution in [2.24, 2.45) is 0 Å². The summed E-state index contributed by atoms with van der Waals surface area (Å²) in [7, 11) is 0. The molecule has 0 spiro atoms. The van der Waals surface area contributed by atoms with Crippen LogP contribution < -0.4 is 0 Å². The Kier molecular flexibility index (Phi) is 5.01. The molecule has 1 heterocycles. The van der Waals surface area contributed by atoms with Crippen LogP contribution in [0.3, 0.4) is 0 Å². The van der Waals surface area contributed by atoms with Gasteiger partial charge in [-0.15, -0.1) is 0 Å². The molecule has 2 rings (SSSR count). The molecule has 110 valence electrons. The van der Waals surface area contributed by atoms with Gasteiger partial charge in [-0.1, -0.05) is 30.3 Å². The molecular formula is C16H23NO3. The number of nitrogens with zero attached hydrogens (tertiary/aromatic N) is 1. The third-order valence-corrected chi connectivity index (χ3v) is 4.05. The second kappa shape index (κ2) is 6.75. The fourth-order valence-corrected chi connectivity index (χ4v) is 2.85. The van der Waals surface area contributed by atoms with E-state index in [4.69, 9.17) is 9.84 Å². The first kappa shape index (κ1) is 14.9. The largest absolute Gasteiger partial charge is 0.445 e. The summed E-state index contributed by atoms with van der Waals surface area (Å²) in [5.41, 5.74) is 0.827. The number of carbonyl (C=O) groups is 1. The van der Waals surface area contributed by atoms with E-state index in [1.807, 2.05) is 35.2 Å². The molecule has 0 radical (unpaired) electrons. The van der Waals surface area contributed by atoms with E-state index in [2.05, 4.69) is 6.92 Å². The minimum atomic E-state index is -0.244. The lowest BCUT2D eigenvalue weighted by atomic mass is 9.93. The monoisotopic (exact) mass is 277 g/mol. The average molecular weight is 277 g/mol. The second-order valence-corrected chi connectivity index (χ2v) is 5.62. The van der Waals surface area contributed by atoms with Gasteiger partial charge in [0.25, 0.3) is 0 Å². The molecule has 0 bridgehead atoms. The molecule has 1 aromatic carbocycles. The second-order valence-electron chi connectivity index (χ2n) is 5.62. The van der Waals surface area contributed by atoms with Gasteiger partial charge in [0.1, 0.15) is 6.61 Å². The van der Waals surface area contributed by atoms with Crippen molar-refractivity contribution in [3.8, 4) is 0 Å². The molecule has 0 saturated carbocycles. The summed E-state index contributed by atoms with van der Waals surface area (Å²) in [6.45, 7) is 3.31. The van der Waals surface area contributed by atoms with E-state index in [0.29, 0.717) is 6.61 Å². The molecule has 1 atom stereocenters. The summed E-state index contributed by atoms with van der Waals surface area (Å²) in [5, 5.41) is 8.98. The summed E-state index contributed by atoms with van der Waals surface area (Å²) in [5.74, 6) is 0. The fourth-order valence-electron chi connectivity index (χ4n) is 2.85. The molecule has 1 fully saturated rings. The zero-order chi connectivity index (χ0) is 14.4. The quantitative estimate of drug-likeness (QED) is 0.900. The first-order valence-corrected chi connectivity index (χ1v) is 7.25. The highest BCUT2D eigenvalue weighted by Gasteiger charge is 2.39. The molecule has 1 amide bonds. The lowest BCUT2D eigenvalue weighted by molar-refractivity contribution is 0.0647. The van der Waals surface area contributed by atoms with Crippen molar-refractivity contribution in [1.82, 2.24) is 4.90 Å². The van der Waals surface area contributed by atoms with Crippen LogP contribution in [0.4, 0.5) is 4.79 Å². The number of likely N-dealkylation sites (tertiary alicyclic amines) is 1. The number of ether oxygens (including phenoxy) is 1.